The number of nitrogens with zero attached hydrogens (tertiary/aromatic N) is 9. The van der Waals surface area contributed by atoms with Crippen molar-refractivity contribution in [3.05, 3.63) is 127 Å². The van der Waals surface area contributed by atoms with Gasteiger partial charge in [0.05, 0.1) is 16.7 Å². The van der Waals surface area contributed by atoms with Crippen molar-refractivity contribution in [2.75, 3.05) is 70.8 Å². The van der Waals surface area contributed by atoms with Crippen molar-refractivity contribution in [3.8, 4) is 5.69 Å². The van der Waals surface area contributed by atoms with Crippen LogP contribution in [0.5, 0.6) is 0 Å². The van der Waals surface area contributed by atoms with Crippen molar-refractivity contribution in [1.82, 2.24) is 48.2 Å². The highest BCUT2D eigenvalue weighted by atomic mass is 19.1. The number of hydrogen-bond donors (Lipinski definition) is 2. The molecule has 376 valence electrons. The Kier molecular flexibility index (Phi) is 12.6. The van der Waals surface area contributed by atoms with Crippen molar-refractivity contribution in [3.63, 3.8) is 0 Å². The molecule has 18 heteroatoms. The first kappa shape index (κ1) is 47.6. The molecule has 0 radical (unpaired) electrons. The molecule has 0 bridgehead atoms. The average molecular weight is 982 g/mol. The van der Waals surface area contributed by atoms with Crippen LogP contribution in [-0.4, -0.2) is 126 Å². The topological polar surface area (TPSA) is 155 Å². The second-order valence-corrected chi connectivity index (χ2v) is 20.5. The maximum atomic E-state index is 16.1. The zero-order valence-corrected chi connectivity index (χ0v) is 41.3. The molecule has 2 N–H and O–H groups in total. The third-order valence-corrected chi connectivity index (χ3v) is 16.2. The van der Waals surface area contributed by atoms with Crippen LogP contribution >= 0.6 is 0 Å². The van der Waals surface area contributed by atoms with E-state index in [-0.39, 0.29) is 42.1 Å². The molecule has 16 nitrogen and oxygen atoms in total. The van der Waals surface area contributed by atoms with Crippen molar-refractivity contribution >= 4 is 51.0 Å². The van der Waals surface area contributed by atoms with Gasteiger partial charge >= 0.3 is 5.69 Å². The monoisotopic (exact) mass is 981 g/mol. The first-order chi connectivity index (χ1) is 34.7. The number of amides is 3. The standard InChI is InChI=1S/C54H61F2N11O5/c1-32-25-36(26-41(56)49(32)35-11-18-64(19-12-35)33(2)45-28-39-43(8-15-58-50(39)60(45)3)66-20-13-42-38(53(66)71)7-14-57-42)52(70)65-16-9-34(10-17-65)30-62-21-23-63(24-22-62)31-37-27-46-47(29-40(37)55)67(54(72)61(46)4)44-5-6-48(68)59-51(44)69/h8,11,13,15,20,25-29,33-34,44,57H,5-7,9-10,12,14,16-19,21-24,30-31H2,1-4H3,(H,59,68,69)/t33-,44?/m0/s1. The summed E-state index contributed by atoms with van der Waals surface area (Å²) in [6.07, 6.45) is 9.08. The van der Waals surface area contributed by atoms with Crippen LogP contribution in [0.15, 0.2) is 70.5 Å². The third kappa shape index (κ3) is 8.55. The van der Waals surface area contributed by atoms with Gasteiger partial charge in [-0.3, -0.25) is 48.0 Å². The number of piperazine rings is 1. The van der Waals surface area contributed by atoms with E-state index in [1.807, 2.05) is 43.3 Å². The van der Waals surface area contributed by atoms with Gasteiger partial charge in [0.15, 0.2) is 0 Å². The van der Waals surface area contributed by atoms with Crippen LogP contribution in [0, 0.1) is 24.5 Å². The summed E-state index contributed by atoms with van der Waals surface area (Å²) in [5.41, 5.74) is 7.96. The molecule has 0 aliphatic carbocycles. The van der Waals surface area contributed by atoms with Gasteiger partial charge < -0.3 is 19.7 Å². The highest BCUT2D eigenvalue weighted by Crippen LogP contribution is 2.35. The number of aryl methyl sites for hydroxylation is 3. The Bertz CT molecular complexity index is 3310. The van der Waals surface area contributed by atoms with Gasteiger partial charge in [0.1, 0.15) is 23.3 Å². The highest BCUT2D eigenvalue weighted by Gasteiger charge is 2.33. The quantitative estimate of drug-likeness (QED) is 0.170. The van der Waals surface area contributed by atoms with E-state index in [1.54, 1.807) is 23.9 Å². The largest absolute Gasteiger partial charge is 0.384 e. The summed E-state index contributed by atoms with van der Waals surface area (Å²) in [7, 11) is 3.62. The van der Waals surface area contributed by atoms with Crippen LogP contribution in [-0.2, 0) is 36.6 Å². The fourth-order valence-corrected chi connectivity index (χ4v) is 12.1. The summed E-state index contributed by atoms with van der Waals surface area (Å²) in [4.78, 5) is 78.5. The lowest BCUT2D eigenvalue weighted by molar-refractivity contribution is -0.135. The molecular formula is C54H61F2N11O5. The average Bonchev–Trinajstić information content (AvgIpc) is 4.06. The van der Waals surface area contributed by atoms with Gasteiger partial charge in [-0.2, -0.15) is 0 Å². The van der Waals surface area contributed by atoms with Gasteiger partial charge in [-0.05, 0) is 99.4 Å². The van der Waals surface area contributed by atoms with Crippen molar-refractivity contribution < 1.29 is 23.2 Å². The summed E-state index contributed by atoms with van der Waals surface area (Å²) in [5, 5.41) is 6.49. The number of halogens is 2. The minimum atomic E-state index is -0.875. The molecule has 0 saturated carbocycles. The van der Waals surface area contributed by atoms with Gasteiger partial charge in [-0.25, -0.2) is 18.6 Å². The first-order valence-electron chi connectivity index (χ1n) is 25.4. The molecule has 2 atom stereocenters. The number of rotatable bonds is 10. The van der Waals surface area contributed by atoms with Crippen LogP contribution in [0.2, 0.25) is 0 Å². The lowest BCUT2D eigenvalue weighted by Crippen LogP contribution is -2.48. The summed E-state index contributed by atoms with van der Waals surface area (Å²) >= 11 is 0. The normalized spacial score (nSPS) is 20.0. The Morgan fingerprint density at radius 3 is 2.36 bits per heavy atom. The fourth-order valence-electron chi connectivity index (χ4n) is 12.1. The predicted octanol–water partition coefficient (Wildman–Crippen LogP) is 5.43. The smallest absolute Gasteiger partial charge is 0.329 e. The molecular weight excluding hydrogens is 921 g/mol. The zero-order valence-electron chi connectivity index (χ0n) is 41.3. The molecule has 0 spiro atoms. The van der Waals surface area contributed by atoms with Crippen LogP contribution < -0.4 is 21.9 Å². The molecule has 6 aromatic rings. The lowest BCUT2D eigenvalue weighted by Gasteiger charge is -2.39. The van der Waals surface area contributed by atoms with Crippen LogP contribution in [0.3, 0.4) is 0 Å². The van der Waals surface area contributed by atoms with E-state index in [0.717, 1.165) is 103 Å². The number of aromatic nitrogens is 5. The fraction of sp³-hybridized carbons (Fsp3) is 0.444. The number of piperidine rings is 2. The van der Waals surface area contributed by atoms with Crippen LogP contribution in [0.4, 0.5) is 14.5 Å². The van der Waals surface area contributed by atoms with Crippen molar-refractivity contribution in [2.45, 2.75) is 71.0 Å². The third-order valence-electron chi connectivity index (χ3n) is 16.2. The maximum absolute atomic E-state index is 16.1. The summed E-state index contributed by atoms with van der Waals surface area (Å²) < 4.78 is 38.3. The minimum Gasteiger partial charge on any atom is -0.384 e. The van der Waals surface area contributed by atoms with E-state index >= 15 is 8.78 Å². The SMILES string of the molecule is Cc1cc(C(=O)N2CCC(CN3CCN(Cc4cc5c(cc4F)n(C4CCC(=O)NC4=O)c(=O)n5C)CC3)CC2)cc(F)c1C1=CCN([C@@H](C)c2cc3c(-n4ccc5c(c4=O)CCN5)ccnc3n2C)CC1. The predicted molar refractivity (Wildman–Crippen MR) is 271 cm³/mol. The van der Waals surface area contributed by atoms with E-state index in [1.165, 1.54) is 21.3 Å². The summed E-state index contributed by atoms with van der Waals surface area (Å²) in [6.45, 7) is 11.9. The molecule has 5 aliphatic rings. The Balaban J connectivity index is 0.673. The van der Waals surface area contributed by atoms with Gasteiger partial charge in [0, 0.05) is 156 Å². The molecule has 9 heterocycles. The van der Waals surface area contributed by atoms with E-state index in [2.05, 4.69) is 49.0 Å². The number of imidazole rings is 1. The Morgan fingerprint density at radius 2 is 1.62 bits per heavy atom. The molecule has 2 aromatic carbocycles. The van der Waals surface area contributed by atoms with E-state index in [0.29, 0.717) is 72.7 Å². The van der Waals surface area contributed by atoms with Crippen molar-refractivity contribution in [2.24, 2.45) is 20.0 Å². The molecule has 72 heavy (non-hydrogen) atoms. The number of nitrogens with one attached hydrogen (secondary N) is 2. The summed E-state index contributed by atoms with van der Waals surface area (Å²) in [5.74, 6) is -1.47. The number of hydrogen-bond acceptors (Lipinski definition) is 10. The zero-order chi connectivity index (χ0) is 50.1. The number of anilines is 1. The van der Waals surface area contributed by atoms with Crippen LogP contribution in [0.25, 0.3) is 33.3 Å². The van der Waals surface area contributed by atoms with E-state index < -0.39 is 23.5 Å². The number of pyridine rings is 2. The lowest BCUT2D eigenvalue weighted by atomic mass is 9.92. The molecule has 1 unspecified atom stereocenters. The maximum Gasteiger partial charge on any atom is 0.329 e. The molecule has 11 rings (SSSR count). The second-order valence-electron chi connectivity index (χ2n) is 20.5. The number of benzene rings is 2. The number of likely N-dealkylation sites (tertiary alicyclic amines) is 1. The molecule has 5 aliphatic heterocycles. The minimum absolute atomic E-state index is 0.00986. The van der Waals surface area contributed by atoms with Gasteiger partial charge in [0.25, 0.3) is 11.5 Å². The highest BCUT2D eigenvalue weighted by molar-refractivity contribution is 6.00. The Hall–Kier alpha value is -6.76. The molecule has 3 amide bonds. The Morgan fingerprint density at radius 1 is 0.847 bits per heavy atom. The molecule has 4 aromatic heterocycles. The van der Waals surface area contributed by atoms with Gasteiger partial charge in [-0.1, -0.05) is 6.08 Å². The van der Waals surface area contributed by atoms with E-state index in [9.17, 15) is 24.0 Å². The van der Waals surface area contributed by atoms with Gasteiger partial charge in [0.2, 0.25) is 11.8 Å². The second kappa shape index (κ2) is 19.0. The Labute approximate surface area is 415 Å². The number of carbonyl (C=O) groups excluding carboxylic acids is 3. The number of imide groups is 1. The van der Waals surface area contributed by atoms with Crippen molar-refractivity contribution in [1.29, 1.82) is 0 Å². The molecule has 3 fully saturated rings. The van der Waals surface area contributed by atoms with Crippen LogP contribution in [0.1, 0.15) is 89.4 Å². The first-order valence-corrected chi connectivity index (χ1v) is 25.4. The number of carbonyl (C=O) groups is 3. The summed E-state index contributed by atoms with van der Waals surface area (Å²) in [6, 6.07) is 11.4. The van der Waals surface area contributed by atoms with Gasteiger partial charge in [-0.15, -0.1) is 0 Å². The van der Waals surface area contributed by atoms with E-state index in [4.69, 9.17) is 4.98 Å². The number of fused-ring (bicyclic) bond motifs is 3. The molecule has 3 saturated heterocycles.